The molecule has 8 nitrogen and oxygen atoms in total. The molecule has 0 N–H and O–H groups in total. The van der Waals surface area contributed by atoms with Crippen molar-refractivity contribution in [2.24, 2.45) is 0 Å². The number of benzene rings is 1. The second-order valence-corrected chi connectivity index (χ2v) is 4.01. The SMILES string of the molecule is CCCCOC(=O)OOOC(=O)c1c(OC)cccc1OC. The summed E-state index contributed by atoms with van der Waals surface area (Å²) in [5, 5.41) is 4.11. The van der Waals surface area contributed by atoms with Crippen LogP contribution in [0, 0.1) is 0 Å². The van der Waals surface area contributed by atoms with Crippen molar-refractivity contribution in [3.8, 4) is 11.5 Å². The molecule has 122 valence electrons. The van der Waals surface area contributed by atoms with Crippen LogP contribution < -0.4 is 9.47 Å². The van der Waals surface area contributed by atoms with Crippen molar-refractivity contribution in [3.05, 3.63) is 23.8 Å². The molecule has 0 bridgehead atoms. The predicted octanol–water partition coefficient (Wildman–Crippen LogP) is 2.66. The normalized spacial score (nSPS) is 9.77. The van der Waals surface area contributed by atoms with Gasteiger partial charge in [0.2, 0.25) is 0 Å². The molecule has 0 amide bonds. The lowest BCUT2D eigenvalue weighted by Gasteiger charge is -2.10. The number of rotatable bonds is 8. The zero-order valence-corrected chi connectivity index (χ0v) is 12.6. The fourth-order valence-corrected chi connectivity index (χ4v) is 1.49. The quantitative estimate of drug-likeness (QED) is 0.313. The number of methoxy groups -OCH3 is 2. The Kier molecular flexibility index (Phi) is 7.55. The smallest absolute Gasteiger partial charge is 0.496 e. The van der Waals surface area contributed by atoms with E-state index in [0.29, 0.717) is 6.42 Å². The molecule has 0 saturated heterocycles. The van der Waals surface area contributed by atoms with Crippen molar-refractivity contribution < 1.29 is 38.6 Å². The summed E-state index contributed by atoms with van der Waals surface area (Å²) in [6.07, 6.45) is 0.442. The highest BCUT2D eigenvalue weighted by Gasteiger charge is 2.21. The first-order valence-corrected chi connectivity index (χ1v) is 6.57. The van der Waals surface area contributed by atoms with E-state index in [9.17, 15) is 9.59 Å². The third-order valence-electron chi connectivity index (χ3n) is 2.56. The summed E-state index contributed by atoms with van der Waals surface area (Å²) in [4.78, 5) is 31.5. The Bertz CT molecular complexity index is 477. The van der Waals surface area contributed by atoms with Crippen molar-refractivity contribution in [2.45, 2.75) is 19.8 Å². The van der Waals surface area contributed by atoms with E-state index in [1.807, 2.05) is 6.92 Å². The number of unbranched alkanes of at least 4 members (excludes halogenated alkanes) is 1. The first-order chi connectivity index (χ1) is 10.6. The molecule has 0 heterocycles. The Labute approximate surface area is 127 Å². The lowest BCUT2D eigenvalue weighted by molar-refractivity contribution is -0.452. The predicted molar refractivity (Wildman–Crippen MR) is 73.4 cm³/mol. The third-order valence-corrected chi connectivity index (χ3v) is 2.56. The third kappa shape index (κ3) is 5.13. The van der Waals surface area contributed by atoms with Crippen molar-refractivity contribution in [1.29, 1.82) is 0 Å². The fraction of sp³-hybridized carbons (Fsp3) is 0.429. The highest BCUT2D eigenvalue weighted by Crippen LogP contribution is 2.28. The van der Waals surface area contributed by atoms with Gasteiger partial charge in [-0.25, -0.2) is 14.5 Å². The lowest BCUT2D eigenvalue weighted by atomic mass is 10.2. The molecule has 0 fully saturated rings. The van der Waals surface area contributed by atoms with Gasteiger partial charge in [0, 0.05) is 0 Å². The average molecular weight is 314 g/mol. The maximum atomic E-state index is 11.9. The Morgan fingerprint density at radius 2 is 1.68 bits per heavy atom. The van der Waals surface area contributed by atoms with E-state index in [2.05, 4.69) is 19.6 Å². The van der Waals surface area contributed by atoms with Crippen LogP contribution >= 0.6 is 0 Å². The zero-order valence-electron chi connectivity index (χ0n) is 12.6. The van der Waals surface area contributed by atoms with Gasteiger partial charge in [-0.05, 0) is 18.6 Å². The summed E-state index contributed by atoms with van der Waals surface area (Å²) in [6, 6.07) is 4.72. The molecule has 0 saturated carbocycles. The monoisotopic (exact) mass is 314 g/mol. The minimum atomic E-state index is -1.10. The van der Waals surface area contributed by atoms with Gasteiger partial charge in [0.1, 0.15) is 17.1 Å². The number of hydrogen-bond acceptors (Lipinski definition) is 8. The van der Waals surface area contributed by atoms with Gasteiger partial charge in [0.15, 0.2) is 0 Å². The van der Waals surface area contributed by atoms with E-state index in [4.69, 9.17) is 9.47 Å². The highest BCUT2D eigenvalue weighted by molar-refractivity contribution is 5.95. The maximum Gasteiger partial charge on any atom is 0.543 e. The molecule has 1 aromatic carbocycles. The van der Waals surface area contributed by atoms with Crippen molar-refractivity contribution in [1.82, 2.24) is 0 Å². The largest absolute Gasteiger partial charge is 0.543 e. The minimum Gasteiger partial charge on any atom is -0.496 e. The van der Waals surface area contributed by atoms with Gasteiger partial charge in [0.25, 0.3) is 0 Å². The van der Waals surface area contributed by atoms with Crippen LogP contribution in [0.15, 0.2) is 18.2 Å². The minimum absolute atomic E-state index is 0.00421. The van der Waals surface area contributed by atoms with E-state index in [1.54, 1.807) is 18.2 Å². The van der Waals surface area contributed by atoms with Gasteiger partial charge >= 0.3 is 12.1 Å². The summed E-state index contributed by atoms with van der Waals surface area (Å²) >= 11 is 0. The van der Waals surface area contributed by atoms with Crippen molar-refractivity contribution in [2.75, 3.05) is 20.8 Å². The summed E-state index contributed by atoms with van der Waals surface area (Å²) in [6.45, 7) is 2.13. The maximum absolute atomic E-state index is 11.9. The fourth-order valence-electron chi connectivity index (χ4n) is 1.49. The molecule has 0 aliphatic carbocycles. The second-order valence-electron chi connectivity index (χ2n) is 4.01. The summed E-state index contributed by atoms with van der Waals surface area (Å²) in [5.41, 5.74) is -0.00421. The molecule has 22 heavy (non-hydrogen) atoms. The number of carbonyl (C=O) groups is 2. The Hall–Kier alpha value is -2.48. The Morgan fingerprint density at radius 1 is 1.05 bits per heavy atom. The average Bonchev–Trinajstić information content (AvgIpc) is 2.54. The van der Waals surface area contributed by atoms with Crippen LogP contribution in [0.5, 0.6) is 11.5 Å². The molecule has 1 aromatic rings. The molecule has 0 aromatic heterocycles. The van der Waals surface area contributed by atoms with Crippen LogP contribution in [0.1, 0.15) is 30.1 Å². The molecular formula is C14H18O8. The van der Waals surface area contributed by atoms with E-state index < -0.39 is 12.1 Å². The zero-order chi connectivity index (χ0) is 16.4. The van der Waals surface area contributed by atoms with Gasteiger partial charge in [0.05, 0.1) is 25.9 Å². The topological polar surface area (TPSA) is 89.5 Å². The van der Waals surface area contributed by atoms with Gasteiger partial charge in [-0.15, -0.1) is 0 Å². The molecule has 8 heteroatoms. The first-order valence-electron chi connectivity index (χ1n) is 6.57. The van der Waals surface area contributed by atoms with Gasteiger partial charge in [-0.2, -0.15) is 0 Å². The second kappa shape index (κ2) is 9.46. The molecule has 0 unspecified atom stereocenters. The van der Waals surface area contributed by atoms with E-state index in [-0.39, 0.29) is 23.7 Å². The van der Waals surface area contributed by atoms with E-state index >= 15 is 0 Å². The van der Waals surface area contributed by atoms with Crippen LogP contribution in [-0.2, 0) is 19.6 Å². The van der Waals surface area contributed by atoms with Crippen LogP contribution in [0.25, 0.3) is 0 Å². The summed E-state index contributed by atoms with van der Waals surface area (Å²) in [5.74, 6) is -0.507. The molecule has 0 aliphatic rings. The van der Waals surface area contributed by atoms with Crippen LogP contribution in [0.2, 0.25) is 0 Å². The highest BCUT2D eigenvalue weighted by atomic mass is 17.5. The number of carbonyl (C=O) groups excluding carboxylic acids is 2. The van der Waals surface area contributed by atoms with Crippen molar-refractivity contribution >= 4 is 12.1 Å². The van der Waals surface area contributed by atoms with Crippen molar-refractivity contribution in [3.63, 3.8) is 0 Å². The molecule has 1 rings (SSSR count). The molecular weight excluding hydrogens is 296 g/mol. The molecule has 0 spiro atoms. The number of ether oxygens (including phenoxy) is 3. The van der Waals surface area contributed by atoms with Gasteiger partial charge in [-0.3, -0.25) is 4.89 Å². The van der Waals surface area contributed by atoms with Crippen LogP contribution in [0.4, 0.5) is 4.79 Å². The summed E-state index contributed by atoms with van der Waals surface area (Å²) < 4.78 is 14.7. The van der Waals surface area contributed by atoms with E-state index in [1.165, 1.54) is 14.2 Å². The van der Waals surface area contributed by atoms with Gasteiger partial charge in [-0.1, -0.05) is 19.4 Å². The molecule has 0 atom stereocenters. The van der Waals surface area contributed by atoms with Crippen LogP contribution in [0.3, 0.4) is 0 Å². The van der Waals surface area contributed by atoms with Crippen LogP contribution in [-0.4, -0.2) is 33.0 Å². The van der Waals surface area contributed by atoms with Gasteiger partial charge < -0.3 is 14.2 Å². The molecule has 0 aliphatic heterocycles. The molecule has 0 radical (unpaired) electrons. The standard InChI is InChI=1S/C14H18O8/c1-4-5-9-19-14(16)21-22-20-13(15)12-10(17-2)7-6-8-11(12)18-3/h6-8H,4-5,9H2,1-3H3. The van der Waals surface area contributed by atoms with E-state index in [0.717, 1.165) is 6.42 Å². The Morgan fingerprint density at radius 3 is 2.23 bits per heavy atom. The number of hydrogen-bond donors (Lipinski definition) is 0. The summed E-state index contributed by atoms with van der Waals surface area (Å²) in [7, 11) is 2.77. The lowest BCUT2D eigenvalue weighted by Crippen LogP contribution is -2.14. The Balaban J connectivity index is 2.54. The first kappa shape index (κ1) is 17.6.